The molecule has 3 N–H and O–H groups in total. The molecule has 0 amide bonds. The van der Waals surface area contributed by atoms with Gasteiger partial charge in [-0.2, -0.15) is 26.3 Å². The molecule has 0 saturated heterocycles. The summed E-state index contributed by atoms with van der Waals surface area (Å²) in [5, 5.41) is 14.9. The van der Waals surface area contributed by atoms with Crippen molar-refractivity contribution in [1.29, 1.82) is 0 Å². The van der Waals surface area contributed by atoms with Crippen LogP contribution in [0.4, 0.5) is 37.7 Å². The van der Waals surface area contributed by atoms with Gasteiger partial charge in [-0.05, 0) is 31.4 Å². The number of ketones is 1. The van der Waals surface area contributed by atoms with Crippen molar-refractivity contribution in [2.45, 2.75) is 37.3 Å². The zero-order chi connectivity index (χ0) is 19.3. The maximum atomic E-state index is 13.7. The highest BCUT2D eigenvalue weighted by molar-refractivity contribution is 5.90. The Labute approximate surface area is 143 Å². The van der Waals surface area contributed by atoms with Crippen molar-refractivity contribution in [2.24, 2.45) is 5.92 Å². The van der Waals surface area contributed by atoms with E-state index in [1.54, 1.807) is 0 Å². The van der Waals surface area contributed by atoms with Crippen molar-refractivity contribution < 1.29 is 36.2 Å². The molecule has 3 rings (SSSR count). The number of aliphatic hydroxyl groups is 1. The first-order valence-corrected chi connectivity index (χ1v) is 7.73. The lowest BCUT2D eigenvalue weighted by Crippen LogP contribution is -2.54. The van der Waals surface area contributed by atoms with Crippen molar-refractivity contribution in [3.63, 3.8) is 0 Å². The summed E-state index contributed by atoms with van der Waals surface area (Å²) in [5.74, 6) is -3.97. The van der Waals surface area contributed by atoms with Crippen LogP contribution in [0.3, 0.4) is 0 Å². The maximum Gasteiger partial charge on any atom is 0.450 e. The fourth-order valence-electron chi connectivity index (χ4n) is 3.33. The monoisotopic (exact) mass is 380 g/mol. The van der Waals surface area contributed by atoms with Gasteiger partial charge in [0.2, 0.25) is 5.78 Å². The minimum absolute atomic E-state index is 0.0436. The van der Waals surface area contributed by atoms with E-state index < -0.39 is 41.0 Å². The number of allylic oxidation sites excluding steroid dienone is 1. The Morgan fingerprint density at radius 2 is 1.73 bits per heavy atom. The van der Waals surface area contributed by atoms with Gasteiger partial charge in [-0.1, -0.05) is 12.1 Å². The smallest absolute Gasteiger partial charge is 0.360 e. The quantitative estimate of drug-likeness (QED) is 0.646. The molecule has 1 aromatic rings. The summed E-state index contributed by atoms with van der Waals surface area (Å²) in [6, 6.07) is 5.47. The largest absolute Gasteiger partial charge is 0.450 e. The molecule has 2 unspecified atom stereocenters. The normalized spacial score (nSPS) is 26.2. The predicted octanol–water partition coefficient (Wildman–Crippen LogP) is 3.96. The van der Waals surface area contributed by atoms with E-state index in [0.29, 0.717) is 0 Å². The standard InChI is InChI=1S/C16H14F6N2O2/c17-15(18,19)13(25)8-4-3-5-9-12(8)23-10-6-1-2-7-11(10)24-14(9,26)16(20,21)22/h1-2,6-8,23-24,26H,3-5H2. The lowest BCUT2D eigenvalue weighted by Gasteiger charge is -2.37. The van der Waals surface area contributed by atoms with E-state index in [2.05, 4.69) is 5.32 Å². The van der Waals surface area contributed by atoms with Gasteiger partial charge in [-0.15, -0.1) is 0 Å². The minimum atomic E-state index is -5.21. The Balaban J connectivity index is 2.21. The summed E-state index contributed by atoms with van der Waals surface area (Å²) in [6.45, 7) is 0. The molecule has 1 aliphatic carbocycles. The Morgan fingerprint density at radius 1 is 1.12 bits per heavy atom. The number of halogens is 6. The van der Waals surface area contributed by atoms with Crippen molar-refractivity contribution in [1.82, 2.24) is 0 Å². The molecule has 0 spiro atoms. The highest BCUT2D eigenvalue weighted by atomic mass is 19.4. The van der Waals surface area contributed by atoms with E-state index in [-0.39, 0.29) is 30.6 Å². The molecule has 26 heavy (non-hydrogen) atoms. The first-order valence-electron chi connectivity index (χ1n) is 7.73. The predicted molar refractivity (Wildman–Crippen MR) is 80.1 cm³/mol. The topological polar surface area (TPSA) is 61.4 Å². The summed E-state index contributed by atoms with van der Waals surface area (Å²) in [4.78, 5) is 11.8. The number of hydrogen-bond donors (Lipinski definition) is 3. The lowest BCUT2D eigenvalue weighted by atomic mass is 9.80. The zero-order valence-electron chi connectivity index (χ0n) is 13.1. The summed E-state index contributed by atoms with van der Waals surface area (Å²) >= 11 is 0. The SMILES string of the molecule is O=C(C1CCCC2=C1Nc1ccccc1NC2(O)C(F)(F)F)C(F)(F)F. The third-order valence-electron chi connectivity index (χ3n) is 4.55. The van der Waals surface area contributed by atoms with Gasteiger partial charge >= 0.3 is 12.4 Å². The second kappa shape index (κ2) is 5.90. The zero-order valence-corrected chi connectivity index (χ0v) is 13.1. The molecule has 4 nitrogen and oxygen atoms in total. The minimum Gasteiger partial charge on any atom is -0.360 e. The van der Waals surface area contributed by atoms with Crippen LogP contribution in [0.15, 0.2) is 35.5 Å². The molecule has 2 aliphatic rings. The average molecular weight is 380 g/mol. The van der Waals surface area contributed by atoms with Gasteiger partial charge in [0.15, 0.2) is 0 Å². The third-order valence-corrected chi connectivity index (χ3v) is 4.55. The van der Waals surface area contributed by atoms with E-state index in [1.165, 1.54) is 24.3 Å². The van der Waals surface area contributed by atoms with Gasteiger partial charge < -0.3 is 15.7 Å². The fourth-order valence-corrected chi connectivity index (χ4v) is 3.33. The molecule has 0 radical (unpaired) electrons. The van der Waals surface area contributed by atoms with Crippen molar-refractivity contribution >= 4 is 17.2 Å². The van der Waals surface area contributed by atoms with Crippen molar-refractivity contribution in [3.8, 4) is 0 Å². The maximum absolute atomic E-state index is 13.7. The molecule has 0 fully saturated rings. The number of fused-ring (bicyclic) bond motifs is 1. The number of carbonyl (C=O) groups is 1. The molecular formula is C16H14F6N2O2. The summed E-state index contributed by atoms with van der Waals surface area (Å²) in [7, 11) is 0. The lowest BCUT2D eigenvalue weighted by molar-refractivity contribution is -0.234. The average Bonchev–Trinajstić information content (AvgIpc) is 2.67. The number of hydrogen-bond acceptors (Lipinski definition) is 4. The highest BCUT2D eigenvalue weighted by Crippen LogP contribution is 2.48. The number of carbonyl (C=O) groups excluding carboxylic acids is 1. The van der Waals surface area contributed by atoms with Gasteiger partial charge in [-0.25, -0.2) is 0 Å². The first-order chi connectivity index (χ1) is 11.9. The van der Waals surface area contributed by atoms with Crippen molar-refractivity contribution in [2.75, 3.05) is 10.6 Å². The van der Waals surface area contributed by atoms with Crippen molar-refractivity contribution in [3.05, 3.63) is 35.5 Å². The van der Waals surface area contributed by atoms with Crippen LogP contribution in [-0.4, -0.2) is 29.0 Å². The van der Waals surface area contributed by atoms with E-state index in [4.69, 9.17) is 0 Å². The number of Topliss-reactive ketones (excluding diaryl/α,β-unsaturated/α-hetero) is 1. The number of para-hydroxylation sites is 2. The molecule has 0 saturated carbocycles. The Morgan fingerprint density at radius 3 is 2.31 bits per heavy atom. The number of rotatable bonds is 1. The molecule has 1 heterocycles. The summed E-state index contributed by atoms with van der Waals surface area (Å²) in [5.41, 5.74) is -4.92. The van der Waals surface area contributed by atoms with Crippen LogP contribution in [0.2, 0.25) is 0 Å². The second-order valence-corrected chi connectivity index (χ2v) is 6.20. The molecule has 0 aromatic heterocycles. The fraction of sp³-hybridized carbons (Fsp3) is 0.438. The van der Waals surface area contributed by atoms with Crippen LogP contribution in [0.25, 0.3) is 0 Å². The molecule has 142 valence electrons. The highest BCUT2D eigenvalue weighted by Gasteiger charge is 2.60. The van der Waals surface area contributed by atoms with Crippen LogP contribution in [-0.2, 0) is 4.79 Å². The summed E-state index contributed by atoms with van der Waals surface area (Å²) in [6.07, 6.45) is -11.1. The Bertz CT molecular complexity index is 771. The van der Waals surface area contributed by atoms with Crippen LogP contribution < -0.4 is 10.6 Å². The van der Waals surface area contributed by atoms with Crippen LogP contribution in [0.5, 0.6) is 0 Å². The van der Waals surface area contributed by atoms with Gasteiger partial charge in [0.05, 0.1) is 17.3 Å². The van der Waals surface area contributed by atoms with Crippen LogP contribution in [0.1, 0.15) is 19.3 Å². The molecule has 1 aromatic carbocycles. The van der Waals surface area contributed by atoms with Gasteiger partial charge in [0.25, 0.3) is 5.72 Å². The number of nitrogens with one attached hydrogen (secondary N) is 2. The molecule has 2 atom stereocenters. The molecule has 0 bridgehead atoms. The van der Waals surface area contributed by atoms with E-state index in [0.717, 1.165) is 0 Å². The Hall–Kier alpha value is -2.23. The summed E-state index contributed by atoms with van der Waals surface area (Å²) < 4.78 is 79.7. The molecular weight excluding hydrogens is 366 g/mol. The van der Waals surface area contributed by atoms with Crippen LogP contribution in [0, 0.1) is 5.92 Å². The number of alkyl halides is 6. The van der Waals surface area contributed by atoms with E-state index in [1.807, 2.05) is 5.32 Å². The Kier molecular flexibility index (Phi) is 4.21. The van der Waals surface area contributed by atoms with Gasteiger partial charge in [0.1, 0.15) is 0 Å². The molecule has 1 aliphatic heterocycles. The number of anilines is 2. The van der Waals surface area contributed by atoms with Gasteiger partial charge in [0, 0.05) is 11.3 Å². The van der Waals surface area contributed by atoms with E-state index >= 15 is 0 Å². The molecule has 10 heteroatoms. The first kappa shape index (κ1) is 18.6. The van der Waals surface area contributed by atoms with Crippen LogP contribution >= 0.6 is 0 Å². The third kappa shape index (κ3) is 2.91. The van der Waals surface area contributed by atoms with Gasteiger partial charge in [-0.3, -0.25) is 4.79 Å². The second-order valence-electron chi connectivity index (χ2n) is 6.20. The van der Waals surface area contributed by atoms with E-state index in [9.17, 15) is 36.2 Å². The number of benzene rings is 1.